The number of nitro benzene ring substituents is 1. The fourth-order valence-electron chi connectivity index (χ4n) is 2.01. The van der Waals surface area contributed by atoms with Crippen LogP contribution in [0.25, 0.3) is 0 Å². The molecule has 0 aromatic heterocycles. The quantitative estimate of drug-likeness (QED) is 0.606. The predicted octanol–water partition coefficient (Wildman–Crippen LogP) is 4.19. The number of rotatable bonds is 7. The smallest absolute Gasteiger partial charge is 0.287 e. The van der Waals surface area contributed by atoms with Crippen LogP contribution in [0.4, 0.5) is 5.69 Å². The van der Waals surface area contributed by atoms with Crippen molar-refractivity contribution in [2.45, 2.75) is 46.1 Å². The van der Waals surface area contributed by atoms with Gasteiger partial charge in [-0.25, -0.2) is 0 Å². The van der Waals surface area contributed by atoms with Gasteiger partial charge in [0.2, 0.25) is 0 Å². The third-order valence-electron chi connectivity index (χ3n) is 3.20. The van der Waals surface area contributed by atoms with Crippen molar-refractivity contribution in [2.24, 2.45) is 5.92 Å². The molecule has 1 amide bonds. The number of hydrogen-bond acceptors (Lipinski definition) is 3. The van der Waals surface area contributed by atoms with Crippen LogP contribution in [-0.2, 0) is 0 Å². The van der Waals surface area contributed by atoms with Crippen molar-refractivity contribution in [1.82, 2.24) is 5.32 Å². The van der Waals surface area contributed by atoms with Crippen LogP contribution in [0.15, 0.2) is 18.2 Å². The Labute approximate surface area is 129 Å². The highest BCUT2D eigenvalue weighted by atomic mass is 35.5. The Morgan fingerprint density at radius 1 is 1.33 bits per heavy atom. The first-order valence-corrected chi connectivity index (χ1v) is 7.44. The van der Waals surface area contributed by atoms with Gasteiger partial charge in [0.1, 0.15) is 5.02 Å². The molecule has 6 heteroatoms. The van der Waals surface area contributed by atoms with E-state index in [1.807, 2.05) is 6.92 Å². The van der Waals surface area contributed by atoms with E-state index in [0.717, 1.165) is 19.3 Å². The number of carbonyl (C=O) groups is 1. The van der Waals surface area contributed by atoms with Gasteiger partial charge in [0.15, 0.2) is 0 Å². The molecule has 21 heavy (non-hydrogen) atoms. The van der Waals surface area contributed by atoms with E-state index in [1.165, 1.54) is 18.2 Å². The number of nitro groups is 1. The summed E-state index contributed by atoms with van der Waals surface area (Å²) in [5, 5.41) is 13.5. The highest BCUT2D eigenvalue weighted by molar-refractivity contribution is 6.33. The van der Waals surface area contributed by atoms with E-state index < -0.39 is 4.92 Å². The van der Waals surface area contributed by atoms with E-state index >= 15 is 0 Å². The lowest BCUT2D eigenvalue weighted by Crippen LogP contribution is -2.32. The second-order valence-electron chi connectivity index (χ2n) is 5.62. The molecule has 0 saturated carbocycles. The molecule has 0 aliphatic carbocycles. The molecule has 0 fully saturated rings. The first kappa shape index (κ1) is 17.4. The van der Waals surface area contributed by atoms with E-state index in [-0.39, 0.29) is 22.7 Å². The third-order valence-corrected chi connectivity index (χ3v) is 3.51. The van der Waals surface area contributed by atoms with Gasteiger partial charge < -0.3 is 5.32 Å². The maximum atomic E-state index is 12.0. The fourth-order valence-corrected chi connectivity index (χ4v) is 2.26. The number of nitrogens with one attached hydrogen (secondary N) is 1. The fraction of sp³-hybridized carbons (Fsp3) is 0.533. The van der Waals surface area contributed by atoms with Gasteiger partial charge in [0.05, 0.1) is 4.92 Å². The van der Waals surface area contributed by atoms with Crippen LogP contribution in [0.3, 0.4) is 0 Å². The number of hydrogen-bond donors (Lipinski definition) is 1. The SMILES string of the molecule is CC(C)CCCC(C)NC(=O)c1ccc([N+](=O)[O-])c(Cl)c1. The lowest BCUT2D eigenvalue weighted by molar-refractivity contribution is -0.384. The summed E-state index contributed by atoms with van der Waals surface area (Å²) >= 11 is 5.80. The number of carbonyl (C=O) groups excluding carboxylic acids is 1. The minimum atomic E-state index is -0.571. The Balaban J connectivity index is 2.59. The summed E-state index contributed by atoms with van der Waals surface area (Å²) in [6.45, 7) is 6.29. The molecule has 0 spiro atoms. The lowest BCUT2D eigenvalue weighted by Gasteiger charge is -2.14. The summed E-state index contributed by atoms with van der Waals surface area (Å²) in [6.07, 6.45) is 3.09. The van der Waals surface area contributed by atoms with Crippen molar-refractivity contribution in [3.8, 4) is 0 Å². The van der Waals surface area contributed by atoms with Crippen LogP contribution in [0.1, 0.15) is 50.4 Å². The van der Waals surface area contributed by atoms with Crippen molar-refractivity contribution >= 4 is 23.2 Å². The third kappa shape index (κ3) is 5.71. The summed E-state index contributed by atoms with van der Waals surface area (Å²) in [5.74, 6) is 0.394. The van der Waals surface area contributed by atoms with E-state index in [1.54, 1.807) is 0 Å². The number of amides is 1. The van der Waals surface area contributed by atoms with Crippen LogP contribution in [0.5, 0.6) is 0 Å². The van der Waals surface area contributed by atoms with Crippen molar-refractivity contribution in [1.29, 1.82) is 0 Å². The molecule has 116 valence electrons. The second kappa shape index (κ2) is 7.98. The first-order valence-electron chi connectivity index (χ1n) is 7.06. The van der Waals surface area contributed by atoms with Gasteiger partial charge in [0, 0.05) is 17.7 Å². The average molecular weight is 313 g/mol. The largest absolute Gasteiger partial charge is 0.350 e. The van der Waals surface area contributed by atoms with Gasteiger partial charge in [-0.3, -0.25) is 14.9 Å². The van der Waals surface area contributed by atoms with Crippen LogP contribution in [0.2, 0.25) is 5.02 Å². The van der Waals surface area contributed by atoms with Crippen molar-refractivity contribution in [3.05, 3.63) is 38.9 Å². The minimum Gasteiger partial charge on any atom is -0.350 e. The molecular weight excluding hydrogens is 292 g/mol. The van der Waals surface area contributed by atoms with Gasteiger partial charge in [-0.05, 0) is 31.4 Å². The number of nitrogens with zero attached hydrogens (tertiary/aromatic N) is 1. The van der Waals surface area contributed by atoms with Gasteiger partial charge in [-0.2, -0.15) is 0 Å². The summed E-state index contributed by atoms with van der Waals surface area (Å²) in [5.41, 5.74) is 0.138. The zero-order valence-corrected chi connectivity index (χ0v) is 13.3. The Morgan fingerprint density at radius 3 is 2.52 bits per heavy atom. The first-order chi connectivity index (χ1) is 9.81. The summed E-state index contributed by atoms with van der Waals surface area (Å²) in [7, 11) is 0. The highest BCUT2D eigenvalue weighted by Crippen LogP contribution is 2.25. The van der Waals surface area contributed by atoms with Gasteiger partial charge in [0.25, 0.3) is 11.6 Å². The second-order valence-corrected chi connectivity index (χ2v) is 6.03. The van der Waals surface area contributed by atoms with Gasteiger partial charge in [-0.15, -0.1) is 0 Å². The minimum absolute atomic E-state index is 0.0277. The molecule has 0 saturated heterocycles. The Kier molecular flexibility index (Phi) is 6.62. The summed E-state index contributed by atoms with van der Waals surface area (Å²) < 4.78 is 0. The summed E-state index contributed by atoms with van der Waals surface area (Å²) in [6, 6.07) is 4.06. The number of halogens is 1. The molecule has 1 unspecified atom stereocenters. The van der Waals surface area contributed by atoms with Crippen LogP contribution >= 0.6 is 11.6 Å². The lowest BCUT2D eigenvalue weighted by atomic mass is 10.0. The standard InChI is InChI=1S/C15H21ClN2O3/c1-10(2)5-4-6-11(3)17-15(19)12-7-8-14(18(20)21)13(16)9-12/h7-11H,4-6H2,1-3H3,(H,17,19). The maximum absolute atomic E-state index is 12.0. The molecule has 0 radical (unpaired) electrons. The Morgan fingerprint density at radius 2 is 2.00 bits per heavy atom. The predicted molar refractivity (Wildman–Crippen MR) is 83.7 cm³/mol. The molecule has 1 rings (SSSR count). The topological polar surface area (TPSA) is 72.2 Å². The van der Waals surface area contributed by atoms with Crippen LogP contribution < -0.4 is 5.32 Å². The van der Waals surface area contributed by atoms with Crippen molar-refractivity contribution in [3.63, 3.8) is 0 Å². The van der Waals surface area contributed by atoms with Gasteiger partial charge in [-0.1, -0.05) is 38.3 Å². The average Bonchev–Trinajstić information content (AvgIpc) is 2.37. The summed E-state index contributed by atoms with van der Waals surface area (Å²) in [4.78, 5) is 22.1. The van der Waals surface area contributed by atoms with E-state index in [9.17, 15) is 14.9 Å². The molecule has 5 nitrogen and oxygen atoms in total. The maximum Gasteiger partial charge on any atom is 0.287 e. The Bertz CT molecular complexity index is 518. The van der Waals surface area contributed by atoms with E-state index in [2.05, 4.69) is 19.2 Å². The van der Waals surface area contributed by atoms with Crippen LogP contribution in [-0.4, -0.2) is 16.9 Å². The van der Waals surface area contributed by atoms with E-state index in [4.69, 9.17) is 11.6 Å². The molecule has 1 atom stereocenters. The zero-order valence-electron chi connectivity index (χ0n) is 12.6. The molecule has 1 N–H and O–H groups in total. The van der Waals surface area contributed by atoms with Gasteiger partial charge >= 0.3 is 0 Å². The van der Waals surface area contributed by atoms with Crippen molar-refractivity contribution < 1.29 is 9.72 Å². The number of benzene rings is 1. The molecule has 0 aliphatic rings. The van der Waals surface area contributed by atoms with Crippen LogP contribution in [0, 0.1) is 16.0 Å². The molecule has 0 aliphatic heterocycles. The van der Waals surface area contributed by atoms with Crippen molar-refractivity contribution in [2.75, 3.05) is 0 Å². The Hall–Kier alpha value is -1.62. The molecule has 0 bridgehead atoms. The molecule has 1 aromatic carbocycles. The molecular formula is C15H21ClN2O3. The highest BCUT2D eigenvalue weighted by Gasteiger charge is 2.16. The monoisotopic (exact) mass is 312 g/mol. The molecule has 0 heterocycles. The normalized spacial score (nSPS) is 12.2. The zero-order chi connectivity index (χ0) is 16.0. The van der Waals surface area contributed by atoms with E-state index in [0.29, 0.717) is 11.5 Å². The molecule has 1 aromatic rings.